The Kier molecular flexibility index (Phi) is 5.62. The van der Waals surface area contributed by atoms with Crippen LogP contribution in [0.5, 0.6) is 0 Å². The van der Waals surface area contributed by atoms with Crippen molar-refractivity contribution in [2.24, 2.45) is 4.99 Å². The Labute approximate surface area is 186 Å². The average molecular weight is 431 g/mol. The molecule has 1 unspecified atom stereocenters. The van der Waals surface area contributed by atoms with Crippen LogP contribution in [-0.4, -0.2) is 35.7 Å². The number of carbonyl (C=O) groups is 2. The number of fused-ring (bicyclic) bond motifs is 2. The normalized spacial score (nSPS) is 21.8. The zero-order valence-electron chi connectivity index (χ0n) is 17.7. The number of rotatable bonds is 4. The van der Waals surface area contributed by atoms with E-state index in [4.69, 9.17) is 9.57 Å². The summed E-state index contributed by atoms with van der Waals surface area (Å²) in [6, 6.07) is 17.1. The Hall–Kier alpha value is -3.61. The van der Waals surface area contributed by atoms with Gasteiger partial charge in [0.15, 0.2) is 0 Å². The molecule has 1 aliphatic carbocycles. The molecular formula is C25H25N3O4. The molecule has 1 N–H and O–H groups in total. The predicted octanol–water partition coefficient (Wildman–Crippen LogP) is 3.92. The molecule has 1 saturated carbocycles. The summed E-state index contributed by atoms with van der Waals surface area (Å²) in [5, 5.41) is 4.44. The van der Waals surface area contributed by atoms with E-state index >= 15 is 0 Å². The first-order chi connectivity index (χ1) is 15.6. The van der Waals surface area contributed by atoms with E-state index < -0.39 is 18.2 Å². The highest BCUT2D eigenvalue weighted by Crippen LogP contribution is 2.34. The molecule has 0 aromatic heterocycles. The zero-order valence-corrected chi connectivity index (χ0v) is 17.7. The summed E-state index contributed by atoms with van der Waals surface area (Å²) >= 11 is 0. The van der Waals surface area contributed by atoms with E-state index in [-0.39, 0.29) is 6.54 Å². The highest BCUT2D eigenvalue weighted by atomic mass is 16.7. The first kappa shape index (κ1) is 20.3. The number of esters is 1. The van der Waals surface area contributed by atoms with Crippen LogP contribution in [0.1, 0.15) is 48.3 Å². The fraction of sp³-hybridized carbons (Fsp3) is 0.320. The fourth-order valence-corrected chi connectivity index (χ4v) is 4.39. The molecule has 7 nitrogen and oxygen atoms in total. The molecule has 1 fully saturated rings. The van der Waals surface area contributed by atoms with Gasteiger partial charge in [-0.05, 0) is 54.0 Å². The van der Waals surface area contributed by atoms with Crippen molar-refractivity contribution >= 4 is 23.6 Å². The number of aliphatic imine (C=N–C) groups is 1. The molecule has 3 aliphatic rings. The topological polar surface area (TPSA) is 80.2 Å². The Balaban J connectivity index is 1.22. The Morgan fingerprint density at radius 1 is 0.906 bits per heavy atom. The van der Waals surface area contributed by atoms with Crippen LogP contribution >= 0.6 is 0 Å². The number of anilines is 1. The lowest BCUT2D eigenvalue weighted by atomic mass is 9.95. The maximum atomic E-state index is 11.8. The number of hydrogen-bond acceptors (Lipinski definition) is 7. The first-order valence-corrected chi connectivity index (χ1v) is 11.0. The van der Waals surface area contributed by atoms with Crippen molar-refractivity contribution in [3.8, 4) is 0 Å². The second kappa shape index (κ2) is 8.86. The minimum absolute atomic E-state index is 0.149. The van der Waals surface area contributed by atoms with Gasteiger partial charge in [0.1, 0.15) is 6.54 Å². The number of ether oxygens (including phenoxy) is 1. The average Bonchev–Trinajstić information content (AvgIpc) is 3.45. The number of hydrogen-bond donors (Lipinski definition) is 1. The van der Waals surface area contributed by atoms with E-state index in [1.807, 2.05) is 12.1 Å². The van der Waals surface area contributed by atoms with Crippen molar-refractivity contribution in [2.75, 3.05) is 11.9 Å². The minimum atomic E-state index is -0.730. The largest absolute Gasteiger partial charge is 0.434 e. The summed E-state index contributed by atoms with van der Waals surface area (Å²) in [6.45, 7) is 0.149. The van der Waals surface area contributed by atoms with Crippen molar-refractivity contribution in [2.45, 2.75) is 44.2 Å². The van der Waals surface area contributed by atoms with Crippen LogP contribution < -0.4 is 5.32 Å². The van der Waals surface area contributed by atoms with Crippen LogP contribution in [0.4, 0.5) is 5.69 Å². The zero-order chi connectivity index (χ0) is 21.9. The van der Waals surface area contributed by atoms with Gasteiger partial charge in [-0.25, -0.2) is 14.6 Å². The number of nitrogens with zero attached hydrogens (tertiary/aromatic N) is 2. The second-order valence-electron chi connectivity index (χ2n) is 8.37. The number of hydroxylamine groups is 2. The van der Waals surface area contributed by atoms with Gasteiger partial charge in [-0.2, -0.15) is 5.06 Å². The monoisotopic (exact) mass is 431 g/mol. The molecule has 164 valence electrons. The molecule has 2 aliphatic heterocycles. The van der Waals surface area contributed by atoms with Crippen molar-refractivity contribution in [3.63, 3.8) is 0 Å². The highest BCUT2D eigenvalue weighted by Gasteiger charge is 2.31. The summed E-state index contributed by atoms with van der Waals surface area (Å²) in [6.07, 6.45) is 7.53. The second-order valence-corrected chi connectivity index (χ2v) is 8.37. The molecule has 7 heteroatoms. The Bertz CT molecular complexity index is 1050. The van der Waals surface area contributed by atoms with E-state index in [9.17, 15) is 9.59 Å². The summed E-state index contributed by atoms with van der Waals surface area (Å²) in [4.78, 5) is 33.0. The van der Waals surface area contributed by atoms with Gasteiger partial charge in [-0.15, -0.1) is 0 Å². The predicted molar refractivity (Wildman–Crippen MR) is 120 cm³/mol. The summed E-state index contributed by atoms with van der Waals surface area (Å²) < 4.78 is 5.18. The quantitative estimate of drug-likeness (QED) is 0.740. The molecule has 0 saturated heterocycles. The molecule has 2 bridgehead atoms. The molecule has 5 rings (SSSR count). The van der Waals surface area contributed by atoms with E-state index in [0.717, 1.165) is 30.2 Å². The third-order valence-electron chi connectivity index (χ3n) is 6.06. The van der Waals surface area contributed by atoms with E-state index in [1.54, 1.807) is 0 Å². The molecule has 32 heavy (non-hydrogen) atoms. The van der Waals surface area contributed by atoms with Gasteiger partial charge in [0, 0.05) is 17.8 Å². The lowest BCUT2D eigenvalue weighted by Crippen LogP contribution is -2.35. The maximum absolute atomic E-state index is 11.8. The first-order valence-electron chi connectivity index (χ1n) is 11.0. The minimum Gasteiger partial charge on any atom is -0.434 e. The standard InChI is InChI=1S/C25H25N3O4/c29-23-13-14-24(30)32-28-16-22(31-23)27-25(28)26-21-11-7-18(8-12-21)15-17-5-9-20(10-6-17)19-3-1-2-4-19/h5-14,19,22H,1-4,15-16H2,(H,26,27)/b14-13+. The van der Waals surface area contributed by atoms with Crippen LogP contribution in [0, 0.1) is 0 Å². The van der Waals surface area contributed by atoms with Crippen LogP contribution in [0.15, 0.2) is 65.7 Å². The van der Waals surface area contributed by atoms with Gasteiger partial charge < -0.3 is 14.9 Å². The molecule has 2 aromatic rings. The van der Waals surface area contributed by atoms with E-state index in [0.29, 0.717) is 5.96 Å². The summed E-state index contributed by atoms with van der Waals surface area (Å²) in [7, 11) is 0. The van der Waals surface area contributed by atoms with Crippen molar-refractivity contribution in [1.29, 1.82) is 0 Å². The van der Waals surface area contributed by atoms with Crippen LogP contribution in [0.3, 0.4) is 0 Å². The molecule has 2 aromatic carbocycles. The lowest BCUT2D eigenvalue weighted by Gasteiger charge is -2.18. The Morgan fingerprint density at radius 3 is 2.28 bits per heavy atom. The van der Waals surface area contributed by atoms with Gasteiger partial charge in [-0.3, -0.25) is 0 Å². The van der Waals surface area contributed by atoms with Gasteiger partial charge in [0.05, 0.1) is 0 Å². The fourth-order valence-electron chi connectivity index (χ4n) is 4.39. The van der Waals surface area contributed by atoms with Gasteiger partial charge in [0.25, 0.3) is 0 Å². The molecular weight excluding hydrogens is 406 g/mol. The van der Waals surface area contributed by atoms with Gasteiger partial charge >= 0.3 is 11.9 Å². The third kappa shape index (κ3) is 4.66. The maximum Gasteiger partial charge on any atom is 0.356 e. The van der Waals surface area contributed by atoms with Crippen molar-refractivity contribution in [3.05, 3.63) is 77.4 Å². The van der Waals surface area contributed by atoms with E-state index in [1.165, 1.54) is 47.4 Å². The van der Waals surface area contributed by atoms with Crippen LogP contribution in [0.2, 0.25) is 0 Å². The smallest absolute Gasteiger partial charge is 0.356 e. The Morgan fingerprint density at radius 2 is 1.56 bits per heavy atom. The highest BCUT2D eigenvalue weighted by molar-refractivity contribution is 5.97. The third-order valence-corrected chi connectivity index (χ3v) is 6.06. The molecule has 0 radical (unpaired) electrons. The molecule has 2 heterocycles. The number of guanidine groups is 1. The molecule has 0 spiro atoms. The number of benzene rings is 2. The van der Waals surface area contributed by atoms with Crippen molar-refractivity contribution in [1.82, 2.24) is 5.06 Å². The van der Waals surface area contributed by atoms with Crippen molar-refractivity contribution < 1.29 is 19.2 Å². The van der Waals surface area contributed by atoms with Crippen LogP contribution in [0.25, 0.3) is 0 Å². The summed E-state index contributed by atoms with van der Waals surface area (Å²) in [5.74, 6) is -0.227. The summed E-state index contributed by atoms with van der Waals surface area (Å²) in [5.41, 5.74) is 4.75. The number of carbonyl (C=O) groups excluding carboxylic acids is 2. The lowest BCUT2D eigenvalue weighted by molar-refractivity contribution is -0.167. The van der Waals surface area contributed by atoms with Gasteiger partial charge in [0.2, 0.25) is 12.2 Å². The number of nitrogens with one attached hydrogen (secondary N) is 1. The van der Waals surface area contributed by atoms with Crippen LogP contribution in [-0.2, 0) is 25.6 Å². The van der Waals surface area contributed by atoms with Gasteiger partial charge in [-0.1, -0.05) is 49.2 Å². The molecule has 0 amide bonds. The SMILES string of the molecule is O=C1/C=C/C(=O)ON2CC(N=C2Nc2ccc(Cc3ccc(C4CCCC4)cc3)cc2)O1. The molecule has 1 atom stereocenters. The van der Waals surface area contributed by atoms with E-state index in [2.05, 4.69) is 46.7 Å².